The third kappa shape index (κ3) is 2.65. The van der Waals surface area contributed by atoms with E-state index in [-0.39, 0.29) is 11.8 Å². The molecule has 5 nitrogen and oxygen atoms in total. The Morgan fingerprint density at radius 2 is 2.17 bits per heavy atom. The normalized spacial score (nSPS) is 14.0. The number of aromatic nitrogens is 2. The monoisotopic (exact) mass is 307 g/mol. The number of amides is 1. The fourth-order valence-corrected chi connectivity index (χ4v) is 2.62. The number of fused-ring (bicyclic) bond motifs is 1. The van der Waals surface area contributed by atoms with Gasteiger partial charge in [0.25, 0.3) is 0 Å². The van der Waals surface area contributed by atoms with E-state index < -0.39 is 0 Å². The molecule has 3 aromatic rings. The molecule has 1 amide bonds. The molecule has 0 radical (unpaired) electrons. The molecule has 2 heterocycles. The highest BCUT2D eigenvalue weighted by Crippen LogP contribution is 2.34. The van der Waals surface area contributed by atoms with E-state index in [1.54, 1.807) is 7.11 Å². The van der Waals surface area contributed by atoms with Gasteiger partial charge in [-0.1, -0.05) is 6.07 Å². The first-order chi connectivity index (χ1) is 11.2. The maximum Gasteiger partial charge on any atom is 0.227 e. The number of benzene rings is 1. The number of hydrogen-bond acceptors (Lipinski definition) is 3. The maximum absolute atomic E-state index is 12.0. The van der Waals surface area contributed by atoms with E-state index in [9.17, 15) is 4.79 Å². The smallest absolute Gasteiger partial charge is 0.227 e. The molecule has 1 aromatic carbocycles. The molecule has 1 aliphatic carbocycles. The number of carbonyl (C=O) groups is 1. The van der Waals surface area contributed by atoms with Crippen LogP contribution in [0.2, 0.25) is 0 Å². The minimum atomic E-state index is 0.0652. The van der Waals surface area contributed by atoms with Crippen LogP contribution in [-0.2, 0) is 4.79 Å². The summed E-state index contributed by atoms with van der Waals surface area (Å²) in [5.41, 5.74) is 3.39. The first kappa shape index (κ1) is 13.8. The van der Waals surface area contributed by atoms with Gasteiger partial charge in [-0.25, -0.2) is 4.98 Å². The molecule has 1 N–H and O–H groups in total. The molecule has 116 valence electrons. The fourth-order valence-electron chi connectivity index (χ4n) is 2.62. The van der Waals surface area contributed by atoms with Crippen molar-refractivity contribution in [3.63, 3.8) is 0 Å². The molecular weight excluding hydrogens is 290 g/mol. The summed E-state index contributed by atoms with van der Waals surface area (Å²) < 4.78 is 7.33. The third-order valence-corrected chi connectivity index (χ3v) is 4.07. The van der Waals surface area contributed by atoms with Crippen LogP contribution in [0.4, 0.5) is 5.69 Å². The second-order valence-electron chi connectivity index (χ2n) is 5.77. The van der Waals surface area contributed by atoms with Gasteiger partial charge in [-0.2, -0.15) is 0 Å². The molecule has 2 aromatic heterocycles. The second kappa shape index (κ2) is 5.43. The van der Waals surface area contributed by atoms with Gasteiger partial charge in [-0.3, -0.25) is 4.79 Å². The van der Waals surface area contributed by atoms with Crippen molar-refractivity contribution in [3.8, 4) is 17.0 Å². The van der Waals surface area contributed by atoms with Crippen LogP contribution in [0, 0.1) is 5.92 Å². The molecule has 23 heavy (non-hydrogen) atoms. The van der Waals surface area contributed by atoms with Gasteiger partial charge in [0, 0.05) is 23.9 Å². The van der Waals surface area contributed by atoms with Crippen LogP contribution < -0.4 is 10.1 Å². The van der Waals surface area contributed by atoms with Gasteiger partial charge in [0.2, 0.25) is 5.91 Å². The van der Waals surface area contributed by atoms with Crippen molar-refractivity contribution in [2.45, 2.75) is 12.8 Å². The first-order valence-electron chi connectivity index (χ1n) is 7.67. The van der Waals surface area contributed by atoms with Crippen molar-refractivity contribution in [2.24, 2.45) is 5.92 Å². The molecule has 5 heteroatoms. The number of hydrogen-bond donors (Lipinski definition) is 1. The molecule has 0 aliphatic heterocycles. The lowest BCUT2D eigenvalue weighted by Crippen LogP contribution is -2.14. The number of pyridine rings is 1. The van der Waals surface area contributed by atoms with Crippen LogP contribution in [0.15, 0.2) is 48.8 Å². The number of anilines is 1. The van der Waals surface area contributed by atoms with E-state index in [1.165, 1.54) is 0 Å². The Balaban J connectivity index is 1.71. The zero-order valence-electron chi connectivity index (χ0n) is 12.8. The number of methoxy groups -OCH3 is 1. The van der Waals surface area contributed by atoms with E-state index in [1.807, 2.05) is 53.2 Å². The number of ether oxygens (including phenoxy) is 1. The summed E-state index contributed by atoms with van der Waals surface area (Å²) in [6, 6.07) is 11.6. The summed E-state index contributed by atoms with van der Waals surface area (Å²) in [5.74, 6) is 0.875. The molecule has 0 saturated heterocycles. The molecular formula is C18H17N3O2. The number of nitrogens with one attached hydrogen (secondary N) is 1. The van der Waals surface area contributed by atoms with Crippen molar-refractivity contribution < 1.29 is 9.53 Å². The zero-order valence-corrected chi connectivity index (χ0v) is 12.8. The summed E-state index contributed by atoms with van der Waals surface area (Å²) in [5, 5.41) is 2.97. The Labute approximate surface area is 133 Å². The topological polar surface area (TPSA) is 55.6 Å². The highest BCUT2D eigenvalue weighted by Gasteiger charge is 2.30. The van der Waals surface area contributed by atoms with Gasteiger partial charge < -0.3 is 14.5 Å². The lowest BCUT2D eigenvalue weighted by atomic mass is 10.1. The summed E-state index contributed by atoms with van der Waals surface area (Å²) in [7, 11) is 1.60. The Bertz CT molecular complexity index is 848. The van der Waals surface area contributed by atoms with Crippen molar-refractivity contribution in [1.82, 2.24) is 9.38 Å². The van der Waals surface area contributed by atoms with Gasteiger partial charge in [0.15, 0.2) is 0 Å². The van der Waals surface area contributed by atoms with Crippen molar-refractivity contribution in [2.75, 3.05) is 12.4 Å². The number of nitrogens with zero attached hydrogens (tertiary/aromatic N) is 2. The van der Waals surface area contributed by atoms with Crippen LogP contribution in [0.25, 0.3) is 16.9 Å². The van der Waals surface area contributed by atoms with Crippen LogP contribution in [0.3, 0.4) is 0 Å². The SMILES string of the molecule is COc1ccc(-c2cn3ccccc3n2)cc1NC(=O)C1CC1. The summed E-state index contributed by atoms with van der Waals surface area (Å²) in [6.07, 6.45) is 5.88. The Morgan fingerprint density at radius 3 is 2.91 bits per heavy atom. The highest BCUT2D eigenvalue weighted by molar-refractivity contribution is 5.96. The second-order valence-corrected chi connectivity index (χ2v) is 5.77. The summed E-state index contributed by atoms with van der Waals surface area (Å²) in [4.78, 5) is 16.7. The van der Waals surface area contributed by atoms with Crippen LogP contribution >= 0.6 is 0 Å². The van der Waals surface area contributed by atoms with E-state index >= 15 is 0 Å². The molecule has 4 rings (SSSR count). The molecule has 0 bridgehead atoms. The molecule has 1 aliphatic rings. The minimum Gasteiger partial charge on any atom is -0.495 e. The van der Waals surface area contributed by atoms with E-state index in [4.69, 9.17) is 4.74 Å². The van der Waals surface area contributed by atoms with Crippen LogP contribution in [-0.4, -0.2) is 22.4 Å². The first-order valence-corrected chi connectivity index (χ1v) is 7.67. The lowest BCUT2D eigenvalue weighted by Gasteiger charge is -2.11. The maximum atomic E-state index is 12.0. The predicted molar refractivity (Wildman–Crippen MR) is 88.5 cm³/mol. The van der Waals surface area contributed by atoms with Gasteiger partial charge in [0.1, 0.15) is 11.4 Å². The van der Waals surface area contributed by atoms with E-state index in [0.717, 1.165) is 29.7 Å². The molecule has 1 saturated carbocycles. The fraction of sp³-hybridized carbons (Fsp3) is 0.222. The van der Waals surface area contributed by atoms with Crippen molar-refractivity contribution >= 4 is 17.2 Å². The minimum absolute atomic E-state index is 0.0652. The molecule has 0 unspecified atom stereocenters. The zero-order chi connectivity index (χ0) is 15.8. The van der Waals surface area contributed by atoms with Gasteiger partial charge in [0.05, 0.1) is 18.5 Å². The Hall–Kier alpha value is -2.82. The lowest BCUT2D eigenvalue weighted by molar-refractivity contribution is -0.117. The average Bonchev–Trinajstić information content (AvgIpc) is 3.33. The van der Waals surface area contributed by atoms with Crippen LogP contribution in [0.5, 0.6) is 5.75 Å². The molecule has 1 fully saturated rings. The highest BCUT2D eigenvalue weighted by atomic mass is 16.5. The Kier molecular flexibility index (Phi) is 3.26. The van der Waals surface area contributed by atoms with E-state index in [2.05, 4.69) is 10.3 Å². The number of imidazole rings is 1. The standard InChI is InChI=1S/C18H17N3O2/c1-23-16-8-7-13(10-14(16)20-18(22)12-5-6-12)15-11-21-9-3-2-4-17(21)19-15/h2-4,7-12H,5-6H2,1H3,(H,20,22). The van der Waals surface area contributed by atoms with E-state index in [0.29, 0.717) is 11.4 Å². The molecule has 0 atom stereocenters. The summed E-state index contributed by atoms with van der Waals surface area (Å²) >= 11 is 0. The average molecular weight is 307 g/mol. The predicted octanol–water partition coefficient (Wildman–Crippen LogP) is 3.36. The quantitative estimate of drug-likeness (QED) is 0.804. The van der Waals surface area contributed by atoms with Gasteiger partial charge in [-0.15, -0.1) is 0 Å². The van der Waals surface area contributed by atoms with Gasteiger partial charge >= 0.3 is 0 Å². The summed E-state index contributed by atoms with van der Waals surface area (Å²) in [6.45, 7) is 0. The molecule has 0 spiro atoms. The van der Waals surface area contributed by atoms with Crippen molar-refractivity contribution in [3.05, 3.63) is 48.8 Å². The number of rotatable bonds is 4. The third-order valence-electron chi connectivity index (χ3n) is 4.07. The largest absolute Gasteiger partial charge is 0.495 e. The van der Waals surface area contributed by atoms with Gasteiger partial charge in [-0.05, 0) is 43.2 Å². The van der Waals surface area contributed by atoms with Crippen molar-refractivity contribution in [1.29, 1.82) is 0 Å². The van der Waals surface area contributed by atoms with Crippen LogP contribution in [0.1, 0.15) is 12.8 Å². The Morgan fingerprint density at radius 1 is 1.30 bits per heavy atom. The number of carbonyl (C=O) groups excluding carboxylic acids is 1.